The second-order valence-corrected chi connectivity index (χ2v) is 3.80. The predicted octanol–water partition coefficient (Wildman–Crippen LogP) is 0.577. The number of benzene rings is 1. The average Bonchev–Trinajstić information content (AvgIpc) is 2.35. The van der Waals surface area contributed by atoms with E-state index >= 15 is 0 Å². The molecule has 0 spiro atoms. The summed E-state index contributed by atoms with van der Waals surface area (Å²) in [6.07, 6.45) is 0.873. The molecule has 0 aliphatic carbocycles. The van der Waals surface area contributed by atoms with Crippen LogP contribution in [0.1, 0.15) is 24.1 Å². The Kier molecular flexibility index (Phi) is 4.73. The summed E-state index contributed by atoms with van der Waals surface area (Å²) in [5.41, 5.74) is 13.7. The smallest absolute Gasteiger partial charge is 0.122 e. The molecule has 2 atom stereocenters. The topological polar surface area (TPSA) is 81.5 Å². The third-order valence-corrected chi connectivity index (χ3v) is 2.74. The fraction of sp³-hybridized carbons (Fsp3) is 0.500. The molecule has 0 amide bonds. The molecule has 0 heterocycles. The van der Waals surface area contributed by atoms with Gasteiger partial charge in [0.05, 0.1) is 13.7 Å². The first-order valence-corrected chi connectivity index (χ1v) is 5.42. The number of ether oxygens (including phenoxy) is 1. The summed E-state index contributed by atoms with van der Waals surface area (Å²) < 4.78 is 5.24. The first-order valence-electron chi connectivity index (χ1n) is 5.42. The Balaban J connectivity index is 2.98. The quantitative estimate of drug-likeness (QED) is 0.683. The summed E-state index contributed by atoms with van der Waals surface area (Å²) in [5.74, 6) is 0.857. The van der Waals surface area contributed by atoms with Crippen molar-refractivity contribution < 1.29 is 9.84 Å². The highest BCUT2D eigenvalue weighted by molar-refractivity contribution is 5.38. The molecule has 0 aliphatic rings. The van der Waals surface area contributed by atoms with Gasteiger partial charge in [0, 0.05) is 12.1 Å². The third kappa shape index (κ3) is 2.72. The van der Waals surface area contributed by atoms with E-state index in [1.54, 1.807) is 7.11 Å². The van der Waals surface area contributed by atoms with E-state index in [2.05, 4.69) is 6.92 Å². The maximum atomic E-state index is 8.96. The molecule has 1 aromatic carbocycles. The second-order valence-electron chi connectivity index (χ2n) is 3.80. The standard InChI is InChI=1S/C12H20N2O2/c1-3-8-6-9(4-5-11(8)16-2)12(14)10(13)7-15/h4-6,10,12,15H,3,7,13-14H2,1-2H3. The van der Waals surface area contributed by atoms with Crippen LogP contribution in [-0.4, -0.2) is 24.9 Å². The molecule has 0 aliphatic heterocycles. The van der Waals surface area contributed by atoms with Crippen LogP contribution in [0.15, 0.2) is 18.2 Å². The molecule has 0 aromatic heterocycles. The number of hydrogen-bond donors (Lipinski definition) is 3. The summed E-state index contributed by atoms with van der Waals surface area (Å²) in [6, 6.07) is 4.98. The van der Waals surface area contributed by atoms with Crippen LogP contribution in [0.3, 0.4) is 0 Å². The monoisotopic (exact) mass is 224 g/mol. The van der Waals surface area contributed by atoms with E-state index in [-0.39, 0.29) is 12.6 Å². The molecular weight excluding hydrogens is 204 g/mol. The summed E-state index contributed by atoms with van der Waals surface area (Å²) in [4.78, 5) is 0. The summed E-state index contributed by atoms with van der Waals surface area (Å²) in [6.45, 7) is 1.94. The Morgan fingerprint density at radius 1 is 1.38 bits per heavy atom. The van der Waals surface area contributed by atoms with Gasteiger partial charge in [0.2, 0.25) is 0 Å². The van der Waals surface area contributed by atoms with Crippen molar-refractivity contribution in [1.29, 1.82) is 0 Å². The minimum atomic E-state index is -0.432. The van der Waals surface area contributed by atoms with Crippen LogP contribution in [0.5, 0.6) is 5.75 Å². The van der Waals surface area contributed by atoms with Gasteiger partial charge in [-0.1, -0.05) is 19.1 Å². The maximum Gasteiger partial charge on any atom is 0.122 e. The van der Waals surface area contributed by atoms with Gasteiger partial charge < -0.3 is 21.3 Å². The van der Waals surface area contributed by atoms with E-state index in [4.69, 9.17) is 21.3 Å². The van der Waals surface area contributed by atoms with Gasteiger partial charge >= 0.3 is 0 Å². The van der Waals surface area contributed by atoms with Crippen LogP contribution >= 0.6 is 0 Å². The zero-order valence-electron chi connectivity index (χ0n) is 9.81. The maximum absolute atomic E-state index is 8.96. The molecular formula is C12H20N2O2. The third-order valence-electron chi connectivity index (χ3n) is 2.74. The fourth-order valence-electron chi connectivity index (χ4n) is 1.64. The Bertz CT molecular complexity index is 342. The van der Waals surface area contributed by atoms with Crippen LogP contribution < -0.4 is 16.2 Å². The van der Waals surface area contributed by atoms with E-state index in [0.29, 0.717) is 0 Å². The SMILES string of the molecule is CCc1cc(C(N)C(N)CO)ccc1OC. The zero-order valence-corrected chi connectivity index (χ0v) is 9.81. The lowest BCUT2D eigenvalue weighted by Crippen LogP contribution is -2.37. The van der Waals surface area contributed by atoms with Crippen molar-refractivity contribution >= 4 is 0 Å². The van der Waals surface area contributed by atoms with E-state index in [1.807, 2.05) is 18.2 Å². The van der Waals surface area contributed by atoms with Gasteiger partial charge in [-0.25, -0.2) is 0 Å². The van der Waals surface area contributed by atoms with Gasteiger partial charge in [0.15, 0.2) is 0 Å². The van der Waals surface area contributed by atoms with Crippen molar-refractivity contribution in [3.63, 3.8) is 0 Å². The lowest BCUT2D eigenvalue weighted by molar-refractivity contribution is 0.249. The van der Waals surface area contributed by atoms with Crippen molar-refractivity contribution in [2.75, 3.05) is 13.7 Å². The molecule has 2 unspecified atom stereocenters. The minimum Gasteiger partial charge on any atom is -0.496 e. The number of aryl methyl sites for hydroxylation is 1. The van der Waals surface area contributed by atoms with Crippen molar-refractivity contribution in [2.24, 2.45) is 11.5 Å². The number of nitrogens with two attached hydrogens (primary N) is 2. The van der Waals surface area contributed by atoms with Gasteiger partial charge in [0.1, 0.15) is 5.75 Å². The van der Waals surface area contributed by atoms with Crippen LogP contribution in [0.4, 0.5) is 0 Å². The first kappa shape index (κ1) is 13.0. The number of aliphatic hydroxyl groups is 1. The summed E-state index contributed by atoms with van der Waals surface area (Å²) >= 11 is 0. The Labute approximate surface area is 96.2 Å². The molecule has 0 saturated heterocycles. The second kappa shape index (κ2) is 5.84. The van der Waals surface area contributed by atoms with Gasteiger partial charge in [-0.15, -0.1) is 0 Å². The highest BCUT2D eigenvalue weighted by Gasteiger charge is 2.15. The molecule has 0 radical (unpaired) electrons. The Morgan fingerprint density at radius 2 is 2.06 bits per heavy atom. The molecule has 5 N–H and O–H groups in total. The Morgan fingerprint density at radius 3 is 2.56 bits per heavy atom. The van der Waals surface area contributed by atoms with Crippen molar-refractivity contribution in [3.8, 4) is 5.75 Å². The van der Waals surface area contributed by atoms with Crippen LogP contribution in [0.25, 0.3) is 0 Å². The van der Waals surface area contributed by atoms with Gasteiger partial charge in [-0.05, 0) is 23.6 Å². The van der Waals surface area contributed by atoms with E-state index in [1.165, 1.54) is 0 Å². The molecule has 1 aromatic rings. The normalized spacial score (nSPS) is 14.6. The molecule has 0 saturated carbocycles. The summed E-state index contributed by atoms with van der Waals surface area (Å²) in [7, 11) is 1.65. The highest BCUT2D eigenvalue weighted by atomic mass is 16.5. The Hall–Kier alpha value is -1.10. The zero-order chi connectivity index (χ0) is 12.1. The molecule has 4 nitrogen and oxygen atoms in total. The molecule has 4 heteroatoms. The largest absolute Gasteiger partial charge is 0.496 e. The van der Waals surface area contributed by atoms with Gasteiger partial charge in [-0.2, -0.15) is 0 Å². The fourth-order valence-corrected chi connectivity index (χ4v) is 1.64. The molecule has 1 rings (SSSR count). The molecule has 90 valence electrons. The van der Waals surface area contributed by atoms with E-state index in [9.17, 15) is 0 Å². The van der Waals surface area contributed by atoms with Gasteiger partial charge in [-0.3, -0.25) is 0 Å². The number of methoxy groups -OCH3 is 1. The molecule has 0 fully saturated rings. The lowest BCUT2D eigenvalue weighted by Gasteiger charge is -2.19. The number of hydrogen-bond acceptors (Lipinski definition) is 4. The van der Waals surface area contributed by atoms with Crippen LogP contribution in [-0.2, 0) is 6.42 Å². The molecule has 0 bridgehead atoms. The van der Waals surface area contributed by atoms with Crippen LogP contribution in [0, 0.1) is 0 Å². The number of aliphatic hydroxyl groups excluding tert-OH is 1. The van der Waals surface area contributed by atoms with Crippen LogP contribution in [0.2, 0.25) is 0 Å². The van der Waals surface area contributed by atoms with Gasteiger partial charge in [0.25, 0.3) is 0 Å². The average molecular weight is 224 g/mol. The minimum absolute atomic E-state index is 0.116. The van der Waals surface area contributed by atoms with E-state index in [0.717, 1.165) is 23.3 Å². The van der Waals surface area contributed by atoms with Crippen molar-refractivity contribution in [1.82, 2.24) is 0 Å². The van der Waals surface area contributed by atoms with E-state index < -0.39 is 6.04 Å². The summed E-state index contributed by atoms with van der Waals surface area (Å²) in [5, 5.41) is 8.96. The molecule has 16 heavy (non-hydrogen) atoms. The first-order chi connectivity index (χ1) is 7.63. The highest BCUT2D eigenvalue weighted by Crippen LogP contribution is 2.23. The van der Waals surface area contributed by atoms with Crippen molar-refractivity contribution in [2.45, 2.75) is 25.4 Å². The number of rotatable bonds is 5. The predicted molar refractivity (Wildman–Crippen MR) is 64.4 cm³/mol. The lowest BCUT2D eigenvalue weighted by atomic mass is 9.98. The van der Waals surface area contributed by atoms with Crippen molar-refractivity contribution in [3.05, 3.63) is 29.3 Å².